The summed E-state index contributed by atoms with van der Waals surface area (Å²) in [5, 5.41) is 0. The molecule has 0 aliphatic heterocycles. The second kappa shape index (κ2) is 28.8. The maximum atomic E-state index is 13.7. The smallest absolute Gasteiger partial charge is 0.335 e. The van der Waals surface area contributed by atoms with Gasteiger partial charge in [-0.2, -0.15) is 0 Å². The minimum absolute atomic E-state index is 0.0507. The number of esters is 5. The van der Waals surface area contributed by atoms with E-state index in [-0.39, 0.29) is 65.3 Å². The van der Waals surface area contributed by atoms with E-state index in [1.165, 1.54) is 6.08 Å². The third-order valence-electron chi connectivity index (χ3n) is 12.9. The van der Waals surface area contributed by atoms with E-state index in [0.717, 1.165) is 54.4 Å². The van der Waals surface area contributed by atoms with E-state index in [4.69, 9.17) is 38.4 Å². The molecule has 0 amide bonds. The van der Waals surface area contributed by atoms with Gasteiger partial charge in [-0.1, -0.05) is 93.7 Å². The number of ketones is 1. The molecule has 0 spiro atoms. The Morgan fingerprint density at radius 3 is 1.51 bits per heavy atom. The van der Waals surface area contributed by atoms with Crippen LogP contribution in [0, 0.1) is 18.8 Å². The molecule has 1 heterocycles. The highest BCUT2D eigenvalue weighted by atomic mass is 16.6. The second-order valence-electron chi connectivity index (χ2n) is 18.6. The summed E-state index contributed by atoms with van der Waals surface area (Å²) in [4.78, 5) is 85.7. The van der Waals surface area contributed by atoms with Gasteiger partial charge in [0.1, 0.15) is 29.0 Å². The van der Waals surface area contributed by atoms with Crippen LogP contribution in [0.2, 0.25) is 0 Å². The summed E-state index contributed by atoms with van der Waals surface area (Å²) in [7, 11) is 0. The Bertz CT molecular complexity index is 2700. The molecule has 2 fully saturated rings. The first-order valence-corrected chi connectivity index (χ1v) is 25.8. The normalized spacial score (nSPS) is 17.1. The molecule has 0 atom stereocenters. The minimum atomic E-state index is -0.549. The number of aromatic nitrogens is 2. The van der Waals surface area contributed by atoms with Gasteiger partial charge >= 0.3 is 29.8 Å². The first kappa shape index (κ1) is 56.0. The summed E-state index contributed by atoms with van der Waals surface area (Å²) < 4.78 is 33.8. The van der Waals surface area contributed by atoms with Crippen molar-refractivity contribution in [3.8, 4) is 28.5 Å². The average molecular weight is 1010 g/mol. The van der Waals surface area contributed by atoms with E-state index in [2.05, 4.69) is 27.0 Å². The van der Waals surface area contributed by atoms with Crippen molar-refractivity contribution in [1.82, 2.24) is 9.97 Å². The highest BCUT2D eigenvalue weighted by Crippen LogP contribution is 2.37. The molecule has 5 aromatic rings. The molecule has 14 nitrogen and oxygen atoms in total. The van der Waals surface area contributed by atoms with Gasteiger partial charge in [-0.15, -0.1) is 0 Å². The number of aryl methyl sites for hydroxylation is 3. The van der Waals surface area contributed by atoms with Crippen LogP contribution in [0.15, 0.2) is 116 Å². The summed E-state index contributed by atoms with van der Waals surface area (Å²) in [6, 6.07) is 27.1. The van der Waals surface area contributed by atoms with Gasteiger partial charge in [0.05, 0.1) is 23.2 Å². The number of benzene rings is 4. The zero-order valence-corrected chi connectivity index (χ0v) is 42.9. The Kier molecular flexibility index (Phi) is 21.8. The monoisotopic (exact) mass is 1010 g/mol. The van der Waals surface area contributed by atoms with E-state index in [9.17, 15) is 28.8 Å². The number of allylic oxidation sites excluding steroid dienone is 1. The fraction of sp³-hybridized carbons (Fsp3) is 0.400. The van der Waals surface area contributed by atoms with Crippen molar-refractivity contribution < 1.29 is 57.2 Å². The number of hydrogen-bond donors (Lipinski definition) is 0. The van der Waals surface area contributed by atoms with Crippen molar-refractivity contribution in [2.75, 3.05) is 13.2 Å². The van der Waals surface area contributed by atoms with Crippen LogP contribution in [-0.2, 0) is 62.2 Å². The van der Waals surface area contributed by atoms with Crippen LogP contribution < -0.4 is 14.2 Å². The van der Waals surface area contributed by atoms with E-state index >= 15 is 0 Å². The van der Waals surface area contributed by atoms with Crippen molar-refractivity contribution in [1.29, 1.82) is 0 Å². The molecule has 2 aliphatic carbocycles. The van der Waals surface area contributed by atoms with Gasteiger partial charge < -0.3 is 28.4 Å². The fourth-order valence-corrected chi connectivity index (χ4v) is 8.77. The SMILES string of the molecule is C=CC(=O)Cc1ccc(CCC(=O)OC2CCC(C(=O)Oc3ccc(OC(=O)C4CCC(OC(=O)CCc5ccc(OC(=O)C=C)cc5)CC4)c4nc(-c5ccccc5)c(C)nc34)CC2)cc1.CCCOCCC. The fourth-order valence-electron chi connectivity index (χ4n) is 8.77. The van der Waals surface area contributed by atoms with Gasteiger partial charge in [-0.25, -0.2) is 14.8 Å². The number of carbonyl (C=O) groups is 6. The molecule has 1 aromatic heterocycles. The molecule has 0 unspecified atom stereocenters. The van der Waals surface area contributed by atoms with Crippen LogP contribution in [0.1, 0.15) is 113 Å². The van der Waals surface area contributed by atoms with E-state index in [1.54, 1.807) is 36.4 Å². The molecule has 14 heteroatoms. The molecule has 0 saturated heterocycles. The molecule has 0 radical (unpaired) electrons. The van der Waals surface area contributed by atoms with Crippen LogP contribution in [-0.4, -0.2) is 71.0 Å². The van der Waals surface area contributed by atoms with Crippen LogP contribution in [0.3, 0.4) is 0 Å². The summed E-state index contributed by atoms with van der Waals surface area (Å²) in [6.45, 7) is 14.8. The number of carbonyl (C=O) groups excluding carboxylic acids is 6. The molecular weight excluding hydrogens is 941 g/mol. The zero-order chi connectivity index (χ0) is 52.8. The first-order chi connectivity index (χ1) is 35.8. The van der Waals surface area contributed by atoms with Crippen LogP contribution in [0.25, 0.3) is 22.3 Å². The van der Waals surface area contributed by atoms with Crippen molar-refractivity contribution in [2.45, 2.75) is 129 Å². The molecule has 0 N–H and O–H groups in total. The zero-order valence-electron chi connectivity index (χ0n) is 42.9. The van der Waals surface area contributed by atoms with Crippen molar-refractivity contribution in [3.05, 3.63) is 139 Å². The Hall–Kier alpha value is -7.32. The lowest BCUT2D eigenvalue weighted by Crippen LogP contribution is -2.30. The second-order valence-corrected chi connectivity index (χ2v) is 18.6. The molecule has 2 saturated carbocycles. The quantitative estimate of drug-likeness (QED) is 0.0276. The first-order valence-electron chi connectivity index (χ1n) is 25.8. The van der Waals surface area contributed by atoms with E-state index < -0.39 is 29.7 Å². The largest absolute Gasteiger partial charge is 0.462 e. The topological polar surface area (TPSA) is 184 Å². The maximum Gasteiger partial charge on any atom is 0.335 e. The average Bonchev–Trinajstić information content (AvgIpc) is 3.41. The lowest BCUT2D eigenvalue weighted by molar-refractivity contribution is -0.153. The van der Waals surface area contributed by atoms with Crippen LogP contribution in [0.5, 0.6) is 17.2 Å². The molecule has 4 aromatic carbocycles. The van der Waals surface area contributed by atoms with Gasteiger partial charge in [0.25, 0.3) is 0 Å². The Morgan fingerprint density at radius 2 is 1.04 bits per heavy atom. The molecule has 390 valence electrons. The molecule has 2 aliphatic rings. The minimum Gasteiger partial charge on any atom is -0.462 e. The number of ether oxygens (including phenoxy) is 6. The molecule has 7 rings (SSSR count). The van der Waals surface area contributed by atoms with Crippen LogP contribution in [0.4, 0.5) is 0 Å². The predicted octanol–water partition coefficient (Wildman–Crippen LogP) is 11.1. The molecule has 74 heavy (non-hydrogen) atoms. The highest BCUT2D eigenvalue weighted by molar-refractivity contribution is 5.93. The van der Waals surface area contributed by atoms with E-state index in [0.29, 0.717) is 87.8 Å². The Morgan fingerprint density at radius 1 is 0.568 bits per heavy atom. The standard InChI is InChI=1S/C54H54N2O11.C6H14O/c1-4-41(57)33-37-13-11-35(12-14-37)17-31-48(59)64-43-25-19-39(20-26-43)53(61)66-45-29-30-46(52-51(45)55-34(3)50(56-52)38-9-7-6-8-10-38)67-54(62)40-21-27-44(28-22-40)65-49(60)32-18-36-15-23-42(24-16-36)63-47(58)5-2;1-3-5-7-6-4-2/h4-16,23-24,29-30,39-40,43-44H,1-2,17-22,25-28,31-33H2,3H3;3-6H2,1-2H3. The Balaban J connectivity index is 0.00000119. The van der Waals surface area contributed by atoms with Gasteiger partial charge in [-0.05, 0) is 131 Å². The van der Waals surface area contributed by atoms with Crippen LogP contribution >= 0.6 is 0 Å². The highest BCUT2D eigenvalue weighted by Gasteiger charge is 2.32. The summed E-state index contributed by atoms with van der Waals surface area (Å²) in [6.07, 6.45) is 9.64. The number of fused-ring (bicyclic) bond motifs is 1. The molecule has 0 bridgehead atoms. The number of rotatable bonds is 22. The maximum absolute atomic E-state index is 13.7. The van der Waals surface area contributed by atoms with Gasteiger partial charge in [0.15, 0.2) is 17.3 Å². The Labute approximate surface area is 433 Å². The van der Waals surface area contributed by atoms with Gasteiger partial charge in [0, 0.05) is 44.1 Å². The molecular formula is C60H68N2O12. The van der Waals surface area contributed by atoms with Crippen molar-refractivity contribution >= 4 is 46.7 Å². The predicted molar refractivity (Wildman–Crippen MR) is 280 cm³/mol. The third-order valence-corrected chi connectivity index (χ3v) is 12.9. The summed E-state index contributed by atoms with van der Waals surface area (Å²) >= 11 is 0. The van der Waals surface area contributed by atoms with Crippen molar-refractivity contribution in [3.63, 3.8) is 0 Å². The third kappa shape index (κ3) is 17.1. The van der Waals surface area contributed by atoms with E-state index in [1.807, 2.05) is 61.5 Å². The lowest BCUT2D eigenvalue weighted by Gasteiger charge is -2.27. The lowest BCUT2D eigenvalue weighted by atomic mass is 9.87. The van der Waals surface area contributed by atoms with Gasteiger partial charge in [0.2, 0.25) is 0 Å². The summed E-state index contributed by atoms with van der Waals surface area (Å²) in [5.74, 6) is -2.19. The number of nitrogens with zero attached hydrogens (tertiary/aromatic N) is 2. The van der Waals surface area contributed by atoms with Crippen molar-refractivity contribution in [2.24, 2.45) is 11.8 Å². The number of hydrogen-bond acceptors (Lipinski definition) is 14. The summed E-state index contributed by atoms with van der Waals surface area (Å²) in [5.41, 5.74) is 5.30. The van der Waals surface area contributed by atoms with Gasteiger partial charge in [-0.3, -0.25) is 24.0 Å².